The van der Waals surface area contributed by atoms with Gasteiger partial charge < -0.3 is 0 Å². The summed E-state index contributed by atoms with van der Waals surface area (Å²) in [6.07, 6.45) is 2.88. The van der Waals surface area contributed by atoms with Gasteiger partial charge in [-0.25, -0.2) is 9.67 Å². The minimum Gasteiger partial charge on any atom is -0.247 e. The van der Waals surface area contributed by atoms with Gasteiger partial charge in [0.1, 0.15) is 6.33 Å². The van der Waals surface area contributed by atoms with Crippen LogP contribution in [0.4, 0.5) is 0 Å². The first kappa shape index (κ1) is 15.3. The van der Waals surface area contributed by atoms with Gasteiger partial charge in [0.2, 0.25) is 5.16 Å². The number of nitrogens with zero attached hydrogens (tertiary/aromatic N) is 3. The number of aryl methyl sites for hydroxylation is 2. The van der Waals surface area contributed by atoms with Crippen molar-refractivity contribution in [2.45, 2.75) is 37.7 Å². The number of thioether (sulfide) groups is 1. The van der Waals surface area contributed by atoms with E-state index >= 15 is 0 Å². The molecule has 0 atom stereocenters. The summed E-state index contributed by atoms with van der Waals surface area (Å²) in [5, 5.41) is 7.57. The van der Waals surface area contributed by atoms with Crippen molar-refractivity contribution >= 4 is 23.1 Å². The van der Waals surface area contributed by atoms with Crippen LogP contribution in [0.5, 0.6) is 0 Å². The molecule has 0 amide bonds. The van der Waals surface area contributed by atoms with E-state index in [-0.39, 0.29) is 0 Å². The van der Waals surface area contributed by atoms with Crippen LogP contribution in [0.25, 0.3) is 0 Å². The molecule has 2 heterocycles. The summed E-state index contributed by atoms with van der Waals surface area (Å²) in [5.41, 5.74) is 4.05. The Kier molecular flexibility index (Phi) is 4.95. The molecule has 0 saturated heterocycles. The second-order valence-corrected chi connectivity index (χ2v) is 7.11. The number of thiophene rings is 1. The molecule has 3 aromatic rings. The van der Waals surface area contributed by atoms with E-state index in [2.05, 4.69) is 59.6 Å². The fourth-order valence-electron chi connectivity index (χ4n) is 2.33. The van der Waals surface area contributed by atoms with Crippen molar-refractivity contribution in [1.29, 1.82) is 0 Å². The molecule has 3 nitrogen and oxygen atoms in total. The maximum absolute atomic E-state index is 4.58. The summed E-state index contributed by atoms with van der Waals surface area (Å²) in [5.74, 6) is 0.944. The van der Waals surface area contributed by atoms with E-state index < -0.39 is 0 Å². The summed E-state index contributed by atoms with van der Waals surface area (Å²) in [7, 11) is 0. The lowest BCUT2D eigenvalue weighted by Gasteiger charge is -2.06. The average molecular weight is 329 g/mol. The van der Waals surface area contributed by atoms with E-state index in [9.17, 15) is 0 Å². The molecule has 0 fully saturated rings. The van der Waals surface area contributed by atoms with Crippen molar-refractivity contribution < 1.29 is 0 Å². The van der Waals surface area contributed by atoms with Crippen LogP contribution in [0.15, 0.2) is 47.2 Å². The molecule has 0 spiro atoms. The Bertz CT molecular complexity index is 746. The van der Waals surface area contributed by atoms with E-state index in [0.717, 1.165) is 23.9 Å². The topological polar surface area (TPSA) is 30.7 Å². The van der Waals surface area contributed by atoms with Gasteiger partial charge in [-0.05, 0) is 41.5 Å². The molecule has 0 radical (unpaired) electrons. The van der Waals surface area contributed by atoms with Gasteiger partial charge in [-0.1, -0.05) is 43.0 Å². The number of hydrogen-bond acceptors (Lipinski definition) is 4. The smallest absolute Gasteiger partial charge is 0.208 e. The van der Waals surface area contributed by atoms with Crippen LogP contribution >= 0.6 is 23.1 Å². The number of aromatic nitrogens is 3. The van der Waals surface area contributed by atoms with Gasteiger partial charge in [0.15, 0.2) is 0 Å². The summed E-state index contributed by atoms with van der Waals surface area (Å²) < 4.78 is 1.93. The summed E-state index contributed by atoms with van der Waals surface area (Å²) in [6.45, 7) is 5.13. The van der Waals surface area contributed by atoms with E-state index in [1.807, 2.05) is 11.0 Å². The summed E-state index contributed by atoms with van der Waals surface area (Å²) in [6, 6.07) is 10.7. The Morgan fingerprint density at radius 2 is 2.00 bits per heavy atom. The molecule has 0 bridgehead atoms. The first-order valence-corrected chi connectivity index (χ1v) is 9.24. The molecule has 0 aliphatic rings. The average Bonchev–Trinajstić information content (AvgIpc) is 3.15. The second-order valence-electron chi connectivity index (χ2n) is 5.16. The lowest BCUT2D eigenvalue weighted by atomic mass is 10.1. The van der Waals surface area contributed by atoms with Crippen molar-refractivity contribution in [3.63, 3.8) is 0 Å². The Morgan fingerprint density at radius 3 is 2.73 bits per heavy atom. The highest BCUT2D eigenvalue weighted by Gasteiger charge is 2.07. The van der Waals surface area contributed by atoms with Crippen molar-refractivity contribution in [3.8, 4) is 0 Å². The highest BCUT2D eigenvalue weighted by atomic mass is 32.2. The van der Waals surface area contributed by atoms with Gasteiger partial charge in [-0.15, -0.1) is 16.4 Å². The van der Waals surface area contributed by atoms with Gasteiger partial charge in [-0.3, -0.25) is 0 Å². The zero-order chi connectivity index (χ0) is 15.4. The van der Waals surface area contributed by atoms with Gasteiger partial charge in [-0.2, -0.15) is 0 Å². The van der Waals surface area contributed by atoms with Crippen molar-refractivity contribution in [2.24, 2.45) is 0 Å². The van der Waals surface area contributed by atoms with Crippen LogP contribution in [-0.4, -0.2) is 14.8 Å². The van der Waals surface area contributed by atoms with Crippen LogP contribution in [0.3, 0.4) is 0 Å². The van der Waals surface area contributed by atoms with Gasteiger partial charge in [0.25, 0.3) is 0 Å². The molecule has 22 heavy (non-hydrogen) atoms. The van der Waals surface area contributed by atoms with Crippen LogP contribution < -0.4 is 0 Å². The SMILES string of the molecule is CCc1ccccc1Cn1cnc(SCc2sccc2C)n1. The van der Waals surface area contributed by atoms with Crippen molar-refractivity contribution in [2.75, 3.05) is 0 Å². The van der Waals surface area contributed by atoms with Crippen LogP contribution in [0.1, 0.15) is 28.5 Å². The van der Waals surface area contributed by atoms with E-state index in [4.69, 9.17) is 0 Å². The monoisotopic (exact) mass is 329 g/mol. The molecule has 0 aliphatic heterocycles. The Morgan fingerprint density at radius 1 is 1.18 bits per heavy atom. The van der Waals surface area contributed by atoms with Gasteiger partial charge in [0.05, 0.1) is 6.54 Å². The molecule has 0 aliphatic carbocycles. The molecule has 114 valence electrons. The Hall–Kier alpha value is -1.59. The zero-order valence-corrected chi connectivity index (χ0v) is 14.5. The lowest BCUT2D eigenvalue weighted by molar-refractivity contribution is 0.662. The van der Waals surface area contributed by atoms with Gasteiger partial charge in [0, 0.05) is 10.6 Å². The molecule has 5 heteroatoms. The summed E-state index contributed by atoms with van der Waals surface area (Å²) in [4.78, 5) is 5.82. The first-order valence-electron chi connectivity index (χ1n) is 7.38. The maximum Gasteiger partial charge on any atom is 0.208 e. The summed E-state index contributed by atoms with van der Waals surface area (Å²) >= 11 is 3.50. The third-order valence-corrected chi connectivity index (χ3v) is 5.73. The molecule has 2 aromatic heterocycles. The first-order chi connectivity index (χ1) is 10.8. The predicted octanol–water partition coefficient (Wildman–Crippen LogP) is 4.55. The normalized spacial score (nSPS) is 11.0. The van der Waals surface area contributed by atoms with Crippen molar-refractivity contribution in [3.05, 3.63) is 63.6 Å². The van der Waals surface area contributed by atoms with E-state index in [1.54, 1.807) is 23.1 Å². The predicted molar refractivity (Wildman–Crippen MR) is 93.6 cm³/mol. The van der Waals surface area contributed by atoms with Crippen LogP contribution in [0, 0.1) is 6.92 Å². The number of hydrogen-bond donors (Lipinski definition) is 0. The highest BCUT2D eigenvalue weighted by Crippen LogP contribution is 2.25. The van der Waals surface area contributed by atoms with E-state index in [0.29, 0.717) is 0 Å². The van der Waals surface area contributed by atoms with Gasteiger partial charge >= 0.3 is 0 Å². The molecule has 0 unspecified atom stereocenters. The molecular formula is C17H19N3S2. The minimum absolute atomic E-state index is 0.787. The van der Waals surface area contributed by atoms with E-state index in [1.165, 1.54) is 21.6 Å². The largest absolute Gasteiger partial charge is 0.247 e. The fraction of sp³-hybridized carbons (Fsp3) is 0.294. The third kappa shape index (κ3) is 3.59. The standard InChI is InChI=1S/C17H19N3S2/c1-3-14-6-4-5-7-15(14)10-20-12-18-17(19-20)22-11-16-13(2)8-9-21-16/h4-9,12H,3,10-11H2,1-2H3. The molecular weight excluding hydrogens is 310 g/mol. The molecule has 3 rings (SSSR count). The quantitative estimate of drug-likeness (QED) is 0.622. The van der Waals surface area contributed by atoms with Crippen LogP contribution in [-0.2, 0) is 18.7 Å². The molecule has 0 N–H and O–H groups in total. The highest BCUT2D eigenvalue weighted by molar-refractivity contribution is 7.98. The third-order valence-electron chi connectivity index (χ3n) is 3.65. The molecule has 1 aromatic carbocycles. The second kappa shape index (κ2) is 7.11. The Labute approximate surface area is 139 Å². The van der Waals surface area contributed by atoms with Crippen LogP contribution in [0.2, 0.25) is 0 Å². The Balaban J connectivity index is 1.65. The lowest BCUT2D eigenvalue weighted by Crippen LogP contribution is -2.03. The zero-order valence-electron chi connectivity index (χ0n) is 12.8. The fourth-order valence-corrected chi connectivity index (χ4v) is 4.24. The maximum atomic E-state index is 4.58. The van der Waals surface area contributed by atoms with Crippen molar-refractivity contribution in [1.82, 2.24) is 14.8 Å². The number of rotatable bonds is 6. The molecule has 0 saturated carbocycles. The number of benzene rings is 1. The minimum atomic E-state index is 0.787.